The van der Waals surface area contributed by atoms with E-state index in [1.807, 2.05) is 17.0 Å². The summed E-state index contributed by atoms with van der Waals surface area (Å²) in [5.41, 5.74) is 1.13. The highest BCUT2D eigenvalue weighted by atomic mass is 32.2. The Hall–Kier alpha value is -1.48. The number of hydrogen-bond acceptors (Lipinski definition) is 5. The smallest absolute Gasteiger partial charge is 0.243 e. The molecular formula is C22H35N3O4S. The first-order valence-electron chi connectivity index (χ1n) is 11.1. The fraction of sp³-hybridized carbons (Fsp3) is 0.682. The number of nitrogens with one attached hydrogen (secondary N) is 1. The van der Waals surface area contributed by atoms with E-state index in [1.165, 1.54) is 4.31 Å². The predicted molar refractivity (Wildman–Crippen MR) is 117 cm³/mol. The van der Waals surface area contributed by atoms with Crippen molar-refractivity contribution in [2.24, 2.45) is 5.92 Å². The van der Waals surface area contributed by atoms with Gasteiger partial charge in [0.05, 0.1) is 11.0 Å². The van der Waals surface area contributed by atoms with Crippen molar-refractivity contribution in [3.63, 3.8) is 0 Å². The van der Waals surface area contributed by atoms with Crippen molar-refractivity contribution in [3.8, 4) is 0 Å². The van der Waals surface area contributed by atoms with Gasteiger partial charge in [-0.2, -0.15) is 4.31 Å². The predicted octanol–water partition coefficient (Wildman–Crippen LogP) is 1.88. The SMILES string of the molecule is CC(C)Cc1ccc(S(=O)(=O)N(CCC(=O)N2CCNCC2)C[C@H]2CCCO2)cc1. The third-order valence-corrected chi connectivity index (χ3v) is 7.56. The Labute approximate surface area is 180 Å². The van der Waals surface area contributed by atoms with Crippen LogP contribution in [-0.2, 0) is 26.0 Å². The Kier molecular flexibility index (Phi) is 8.27. The Morgan fingerprint density at radius 1 is 1.23 bits per heavy atom. The second-order valence-electron chi connectivity index (χ2n) is 8.62. The van der Waals surface area contributed by atoms with Crippen LogP contribution in [-0.4, -0.2) is 75.5 Å². The summed E-state index contributed by atoms with van der Waals surface area (Å²) in [6, 6.07) is 7.16. The van der Waals surface area contributed by atoms with E-state index < -0.39 is 10.0 Å². The minimum Gasteiger partial charge on any atom is -0.377 e. The van der Waals surface area contributed by atoms with Crippen LogP contribution in [0.1, 0.15) is 38.7 Å². The topological polar surface area (TPSA) is 79.0 Å². The molecule has 0 saturated carbocycles. The highest BCUT2D eigenvalue weighted by Gasteiger charge is 2.30. The quantitative estimate of drug-likeness (QED) is 0.638. The van der Waals surface area contributed by atoms with Crippen molar-refractivity contribution in [1.29, 1.82) is 0 Å². The molecule has 0 radical (unpaired) electrons. The summed E-state index contributed by atoms with van der Waals surface area (Å²) in [6.45, 7) is 8.35. The number of rotatable bonds is 9. The molecule has 2 aliphatic rings. The maximum absolute atomic E-state index is 13.4. The molecule has 7 nitrogen and oxygen atoms in total. The van der Waals surface area contributed by atoms with Crippen LogP contribution in [0.5, 0.6) is 0 Å². The van der Waals surface area contributed by atoms with Gasteiger partial charge in [0.1, 0.15) is 0 Å². The van der Waals surface area contributed by atoms with Gasteiger partial charge in [0.2, 0.25) is 15.9 Å². The molecule has 2 heterocycles. The van der Waals surface area contributed by atoms with Gasteiger partial charge in [0.15, 0.2) is 0 Å². The molecular weight excluding hydrogens is 402 g/mol. The standard InChI is InChI=1S/C22H35N3O4S/c1-18(2)16-19-5-7-21(8-6-19)30(27,28)25(17-20-4-3-15-29-20)12-9-22(26)24-13-10-23-11-14-24/h5-8,18,20,23H,3-4,9-17H2,1-2H3/t20-/m1/s1. The molecule has 0 spiro atoms. The lowest BCUT2D eigenvalue weighted by Crippen LogP contribution is -2.47. The molecule has 2 fully saturated rings. The zero-order chi connectivity index (χ0) is 21.6. The number of piperazine rings is 1. The number of carbonyl (C=O) groups excluding carboxylic acids is 1. The molecule has 0 aliphatic carbocycles. The fourth-order valence-electron chi connectivity index (χ4n) is 4.04. The summed E-state index contributed by atoms with van der Waals surface area (Å²) >= 11 is 0. The number of hydrogen-bond donors (Lipinski definition) is 1. The molecule has 0 aromatic heterocycles. The van der Waals surface area contributed by atoms with Crippen molar-refractivity contribution < 1.29 is 17.9 Å². The second-order valence-corrected chi connectivity index (χ2v) is 10.6. The molecule has 1 N–H and O–H groups in total. The number of carbonyl (C=O) groups is 1. The van der Waals surface area contributed by atoms with Gasteiger partial charge in [-0.25, -0.2) is 8.42 Å². The molecule has 0 unspecified atom stereocenters. The van der Waals surface area contributed by atoms with Crippen LogP contribution in [0.4, 0.5) is 0 Å². The molecule has 2 saturated heterocycles. The summed E-state index contributed by atoms with van der Waals surface area (Å²) in [4.78, 5) is 14.7. The van der Waals surface area contributed by atoms with Gasteiger partial charge < -0.3 is 15.0 Å². The van der Waals surface area contributed by atoms with Gasteiger partial charge in [0.25, 0.3) is 0 Å². The van der Waals surface area contributed by atoms with Gasteiger partial charge in [-0.1, -0.05) is 26.0 Å². The molecule has 1 atom stereocenters. The number of amides is 1. The maximum Gasteiger partial charge on any atom is 0.243 e. The first kappa shape index (κ1) is 23.2. The molecule has 1 aromatic rings. The second kappa shape index (κ2) is 10.7. The third-order valence-electron chi connectivity index (χ3n) is 5.68. The first-order valence-corrected chi connectivity index (χ1v) is 12.5. The first-order chi connectivity index (χ1) is 14.4. The molecule has 3 rings (SSSR count). The average molecular weight is 438 g/mol. The molecule has 8 heteroatoms. The monoisotopic (exact) mass is 437 g/mol. The molecule has 168 valence electrons. The lowest BCUT2D eigenvalue weighted by atomic mass is 10.0. The van der Waals surface area contributed by atoms with Crippen LogP contribution < -0.4 is 5.32 Å². The zero-order valence-corrected chi connectivity index (χ0v) is 19.0. The molecule has 30 heavy (non-hydrogen) atoms. The summed E-state index contributed by atoms with van der Waals surface area (Å²) < 4.78 is 33.9. The van der Waals surface area contributed by atoms with Crippen LogP contribution in [0.25, 0.3) is 0 Å². The van der Waals surface area contributed by atoms with E-state index in [0.29, 0.717) is 32.2 Å². The van der Waals surface area contributed by atoms with E-state index >= 15 is 0 Å². The molecule has 1 aromatic carbocycles. The minimum absolute atomic E-state index is 0.0105. The Morgan fingerprint density at radius 3 is 2.53 bits per heavy atom. The van der Waals surface area contributed by atoms with Crippen LogP contribution >= 0.6 is 0 Å². The summed E-state index contributed by atoms with van der Waals surface area (Å²) in [5.74, 6) is 0.524. The zero-order valence-electron chi connectivity index (χ0n) is 18.2. The van der Waals surface area contributed by atoms with E-state index in [-0.39, 0.29) is 29.9 Å². The molecule has 0 bridgehead atoms. The largest absolute Gasteiger partial charge is 0.377 e. The van der Waals surface area contributed by atoms with E-state index in [0.717, 1.165) is 37.9 Å². The molecule has 1 amide bonds. The van der Waals surface area contributed by atoms with E-state index in [9.17, 15) is 13.2 Å². The van der Waals surface area contributed by atoms with Crippen molar-refractivity contribution in [2.75, 3.05) is 45.9 Å². The minimum atomic E-state index is -3.69. The highest BCUT2D eigenvalue weighted by molar-refractivity contribution is 7.89. The van der Waals surface area contributed by atoms with E-state index in [4.69, 9.17) is 4.74 Å². The van der Waals surface area contributed by atoms with Gasteiger partial charge in [-0.05, 0) is 42.9 Å². The van der Waals surface area contributed by atoms with Crippen LogP contribution in [0, 0.1) is 5.92 Å². The van der Waals surface area contributed by atoms with Crippen molar-refractivity contribution >= 4 is 15.9 Å². The van der Waals surface area contributed by atoms with Crippen LogP contribution in [0.3, 0.4) is 0 Å². The number of sulfonamides is 1. The van der Waals surface area contributed by atoms with Gasteiger partial charge >= 0.3 is 0 Å². The third kappa shape index (κ3) is 6.26. The van der Waals surface area contributed by atoms with Crippen LogP contribution in [0.15, 0.2) is 29.2 Å². The van der Waals surface area contributed by atoms with Crippen molar-refractivity contribution in [3.05, 3.63) is 29.8 Å². The number of nitrogens with zero attached hydrogens (tertiary/aromatic N) is 2. The summed E-state index contributed by atoms with van der Waals surface area (Å²) in [6.07, 6.45) is 2.80. The normalized spacial score (nSPS) is 20.3. The lowest BCUT2D eigenvalue weighted by molar-refractivity contribution is -0.131. The van der Waals surface area contributed by atoms with Crippen molar-refractivity contribution in [1.82, 2.24) is 14.5 Å². The van der Waals surface area contributed by atoms with Gasteiger partial charge in [-0.3, -0.25) is 4.79 Å². The van der Waals surface area contributed by atoms with Gasteiger partial charge in [0, 0.05) is 52.3 Å². The Bertz CT molecular complexity index is 783. The Balaban J connectivity index is 1.71. The summed E-state index contributed by atoms with van der Waals surface area (Å²) in [7, 11) is -3.69. The fourth-order valence-corrected chi connectivity index (χ4v) is 5.51. The van der Waals surface area contributed by atoms with Crippen molar-refractivity contribution in [2.45, 2.75) is 50.5 Å². The average Bonchev–Trinajstić information content (AvgIpc) is 3.24. The highest BCUT2D eigenvalue weighted by Crippen LogP contribution is 2.22. The summed E-state index contributed by atoms with van der Waals surface area (Å²) in [5, 5.41) is 3.23. The van der Waals surface area contributed by atoms with Crippen LogP contribution in [0.2, 0.25) is 0 Å². The van der Waals surface area contributed by atoms with E-state index in [2.05, 4.69) is 19.2 Å². The lowest BCUT2D eigenvalue weighted by Gasteiger charge is -2.29. The number of benzene rings is 1. The maximum atomic E-state index is 13.4. The van der Waals surface area contributed by atoms with E-state index in [1.54, 1.807) is 12.1 Å². The molecule has 2 aliphatic heterocycles. The number of ether oxygens (including phenoxy) is 1. The van der Waals surface area contributed by atoms with Gasteiger partial charge in [-0.15, -0.1) is 0 Å². The Morgan fingerprint density at radius 2 is 1.93 bits per heavy atom.